The molecule has 184 valence electrons. The van der Waals surface area contributed by atoms with Crippen molar-refractivity contribution in [2.45, 2.75) is 37.6 Å². The third-order valence-electron chi connectivity index (χ3n) is 6.23. The van der Waals surface area contributed by atoms with Crippen LogP contribution < -0.4 is 14.8 Å². The van der Waals surface area contributed by atoms with E-state index in [1.807, 2.05) is 25.1 Å². The van der Waals surface area contributed by atoms with Crippen LogP contribution in [-0.2, 0) is 27.8 Å². The molecule has 2 aromatic carbocycles. The average Bonchev–Trinajstić information content (AvgIpc) is 3.57. The molecule has 0 radical (unpaired) electrons. The molecular formula is C24H26N4O6S. The fourth-order valence-corrected chi connectivity index (χ4v) is 5.72. The summed E-state index contributed by atoms with van der Waals surface area (Å²) in [6.07, 6.45) is 1.51. The summed E-state index contributed by atoms with van der Waals surface area (Å²) in [4.78, 5) is 17.1. The van der Waals surface area contributed by atoms with Crippen LogP contribution in [0.1, 0.15) is 31.2 Å². The summed E-state index contributed by atoms with van der Waals surface area (Å²) in [5, 5.41) is 6.88. The zero-order valence-corrected chi connectivity index (χ0v) is 20.1. The molecule has 0 aliphatic carbocycles. The van der Waals surface area contributed by atoms with Crippen molar-refractivity contribution in [1.29, 1.82) is 0 Å². The van der Waals surface area contributed by atoms with Crippen LogP contribution in [0, 0.1) is 5.92 Å². The van der Waals surface area contributed by atoms with E-state index < -0.39 is 10.0 Å². The molecule has 3 heterocycles. The zero-order chi connectivity index (χ0) is 24.4. The molecule has 0 unspecified atom stereocenters. The highest BCUT2D eigenvalue weighted by molar-refractivity contribution is 7.89. The number of aromatic nitrogens is 2. The van der Waals surface area contributed by atoms with Gasteiger partial charge in [0.05, 0.1) is 4.90 Å². The summed E-state index contributed by atoms with van der Waals surface area (Å²) in [5.74, 6) is 1.90. The van der Waals surface area contributed by atoms with Gasteiger partial charge in [-0.3, -0.25) is 4.79 Å². The Morgan fingerprint density at radius 1 is 1.11 bits per heavy atom. The van der Waals surface area contributed by atoms with E-state index >= 15 is 0 Å². The van der Waals surface area contributed by atoms with Crippen LogP contribution in [0.3, 0.4) is 0 Å². The number of nitrogens with zero attached hydrogens (tertiary/aromatic N) is 3. The van der Waals surface area contributed by atoms with E-state index in [1.54, 1.807) is 24.3 Å². The molecule has 1 amide bonds. The van der Waals surface area contributed by atoms with Gasteiger partial charge in [-0.2, -0.15) is 9.29 Å². The van der Waals surface area contributed by atoms with Crippen LogP contribution in [-0.4, -0.2) is 48.7 Å². The Balaban J connectivity index is 1.18. The van der Waals surface area contributed by atoms with Crippen molar-refractivity contribution < 1.29 is 27.2 Å². The molecule has 3 aromatic rings. The number of benzene rings is 2. The topological polar surface area (TPSA) is 124 Å². The Morgan fingerprint density at radius 3 is 2.69 bits per heavy atom. The number of amides is 1. The van der Waals surface area contributed by atoms with Crippen molar-refractivity contribution in [2.24, 2.45) is 5.92 Å². The second-order valence-corrected chi connectivity index (χ2v) is 10.4. The number of piperidine rings is 1. The first kappa shape index (κ1) is 23.3. The lowest BCUT2D eigenvalue weighted by Gasteiger charge is -2.30. The zero-order valence-electron chi connectivity index (χ0n) is 19.3. The van der Waals surface area contributed by atoms with E-state index in [9.17, 15) is 13.2 Å². The maximum Gasteiger partial charge on any atom is 0.243 e. The SMILES string of the molecule is CCc1nc(-c2cccc(S(=O)(=O)N3CCC(C(=O)NCc4ccc5c(c4)OCO5)CC3)c2)no1. The van der Waals surface area contributed by atoms with Crippen LogP contribution in [0.5, 0.6) is 11.5 Å². The first-order chi connectivity index (χ1) is 16.9. The Morgan fingerprint density at radius 2 is 1.91 bits per heavy atom. The van der Waals surface area contributed by atoms with Gasteiger partial charge in [0.2, 0.25) is 34.4 Å². The molecule has 0 spiro atoms. The Bertz CT molecular complexity index is 1330. The maximum atomic E-state index is 13.3. The molecule has 0 bridgehead atoms. The van der Waals surface area contributed by atoms with Crippen molar-refractivity contribution in [1.82, 2.24) is 19.8 Å². The third-order valence-corrected chi connectivity index (χ3v) is 8.12. The molecule has 2 aliphatic heterocycles. The van der Waals surface area contributed by atoms with Gasteiger partial charge in [0.1, 0.15) is 0 Å². The number of fused-ring (bicyclic) bond motifs is 1. The molecular weight excluding hydrogens is 472 g/mol. The minimum absolute atomic E-state index is 0.0782. The minimum atomic E-state index is -3.71. The standard InChI is InChI=1S/C24H26N4O6S/c1-2-22-26-23(27-34-22)18-4-3-5-19(13-18)35(30,31)28-10-8-17(9-11-28)24(29)25-14-16-6-7-20-21(12-16)33-15-32-20/h3-7,12-13,17H,2,8-11,14-15H2,1H3,(H,25,29). The van der Waals surface area contributed by atoms with Gasteiger partial charge >= 0.3 is 0 Å². The molecule has 35 heavy (non-hydrogen) atoms. The second kappa shape index (κ2) is 9.67. The fraction of sp³-hybridized carbons (Fsp3) is 0.375. The molecule has 11 heteroatoms. The molecule has 1 N–H and O–H groups in total. The van der Waals surface area contributed by atoms with Crippen LogP contribution in [0.25, 0.3) is 11.4 Å². The van der Waals surface area contributed by atoms with Crippen molar-refractivity contribution in [3.8, 4) is 22.9 Å². The lowest BCUT2D eigenvalue weighted by Crippen LogP contribution is -2.42. The molecule has 0 atom stereocenters. The summed E-state index contributed by atoms with van der Waals surface area (Å²) in [5.41, 5.74) is 1.49. The van der Waals surface area contributed by atoms with Gasteiger partial charge in [0.25, 0.3) is 0 Å². The first-order valence-corrected chi connectivity index (χ1v) is 13.0. The number of rotatable bonds is 7. The van der Waals surface area contributed by atoms with Crippen molar-refractivity contribution in [3.63, 3.8) is 0 Å². The first-order valence-electron chi connectivity index (χ1n) is 11.5. The highest BCUT2D eigenvalue weighted by atomic mass is 32.2. The lowest BCUT2D eigenvalue weighted by molar-refractivity contribution is -0.126. The highest BCUT2D eigenvalue weighted by Crippen LogP contribution is 2.32. The predicted octanol–water partition coefficient (Wildman–Crippen LogP) is 2.74. The predicted molar refractivity (Wildman–Crippen MR) is 125 cm³/mol. The second-order valence-electron chi connectivity index (χ2n) is 8.48. The van der Waals surface area contributed by atoms with Crippen molar-refractivity contribution in [3.05, 3.63) is 53.9 Å². The number of hydrogen-bond acceptors (Lipinski definition) is 8. The van der Waals surface area contributed by atoms with Crippen LogP contribution in [0.4, 0.5) is 0 Å². The third kappa shape index (κ3) is 4.87. The summed E-state index contributed by atoms with van der Waals surface area (Å²) in [6, 6.07) is 12.1. The van der Waals surface area contributed by atoms with Crippen LogP contribution in [0.15, 0.2) is 51.9 Å². The average molecular weight is 499 g/mol. The van der Waals surface area contributed by atoms with Gasteiger partial charge in [0, 0.05) is 37.5 Å². The number of carbonyl (C=O) groups is 1. The lowest BCUT2D eigenvalue weighted by atomic mass is 9.97. The molecule has 1 aromatic heterocycles. The summed E-state index contributed by atoms with van der Waals surface area (Å²) in [7, 11) is -3.71. The summed E-state index contributed by atoms with van der Waals surface area (Å²) < 4.78 is 43.8. The van der Waals surface area contributed by atoms with Gasteiger partial charge in [0.15, 0.2) is 11.5 Å². The van der Waals surface area contributed by atoms with Crippen molar-refractivity contribution >= 4 is 15.9 Å². The van der Waals surface area contributed by atoms with Crippen molar-refractivity contribution in [2.75, 3.05) is 19.9 Å². The molecule has 2 aliphatic rings. The number of ether oxygens (including phenoxy) is 2. The highest BCUT2D eigenvalue weighted by Gasteiger charge is 2.32. The minimum Gasteiger partial charge on any atom is -0.454 e. The number of aryl methyl sites for hydroxylation is 1. The summed E-state index contributed by atoms with van der Waals surface area (Å²) in [6.45, 7) is 3.03. The maximum absolute atomic E-state index is 13.3. The van der Waals surface area contributed by atoms with Gasteiger partial charge in [-0.15, -0.1) is 0 Å². The summed E-state index contributed by atoms with van der Waals surface area (Å²) >= 11 is 0. The Kier molecular flexibility index (Phi) is 6.44. The van der Waals surface area contributed by atoms with Gasteiger partial charge < -0.3 is 19.3 Å². The van der Waals surface area contributed by atoms with Crippen LogP contribution in [0.2, 0.25) is 0 Å². The van der Waals surface area contributed by atoms with Gasteiger partial charge in [-0.1, -0.05) is 30.3 Å². The quantitative estimate of drug-likeness (QED) is 0.527. The van der Waals surface area contributed by atoms with E-state index in [-0.39, 0.29) is 36.6 Å². The molecule has 0 saturated carbocycles. The van der Waals surface area contributed by atoms with E-state index in [4.69, 9.17) is 14.0 Å². The Hall–Kier alpha value is -3.44. The van der Waals surface area contributed by atoms with E-state index in [1.165, 1.54) is 4.31 Å². The number of nitrogens with one attached hydrogen (secondary N) is 1. The van der Waals surface area contributed by atoms with E-state index in [0.29, 0.717) is 54.6 Å². The van der Waals surface area contributed by atoms with Gasteiger partial charge in [-0.05, 0) is 42.7 Å². The number of sulfonamides is 1. The fourth-order valence-electron chi connectivity index (χ4n) is 4.20. The van der Waals surface area contributed by atoms with E-state index in [2.05, 4.69) is 15.5 Å². The molecule has 10 nitrogen and oxygen atoms in total. The van der Waals surface area contributed by atoms with Crippen LogP contribution >= 0.6 is 0 Å². The van der Waals surface area contributed by atoms with E-state index in [0.717, 1.165) is 5.56 Å². The molecule has 5 rings (SSSR count). The smallest absolute Gasteiger partial charge is 0.243 e. The monoisotopic (exact) mass is 498 g/mol. The Labute approximate surface area is 203 Å². The van der Waals surface area contributed by atoms with Gasteiger partial charge in [-0.25, -0.2) is 8.42 Å². The number of carbonyl (C=O) groups excluding carboxylic acids is 1. The normalized spacial score (nSPS) is 16.4. The largest absolute Gasteiger partial charge is 0.454 e. The number of hydrogen-bond donors (Lipinski definition) is 1. The molecule has 1 saturated heterocycles. The molecule has 1 fully saturated rings.